The summed E-state index contributed by atoms with van der Waals surface area (Å²) in [5, 5.41) is 12.6. The molecule has 1 aromatic carbocycles. The number of carbonyl (C=O) groups excluding carboxylic acids is 1. The number of hydrogen-bond donors (Lipinski definition) is 3. The summed E-state index contributed by atoms with van der Waals surface area (Å²) in [6.45, 7) is 2.01. The topological polar surface area (TPSA) is 86.2 Å². The van der Waals surface area contributed by atoms with Gasteiger partial charge in [-0.1, -0.05) is 31.9 Å². The van der Waals surface area contributed by atoms with Crippen molar-refractivity contribution in [3.05, 3.63) is 29.8 Å². The molecule has 0 bridgehead atoms. The molecule has 0 spiro atoms. The minimum atomic E-state index is -0.372. The van der Waals surface area contributed by atoms with Gasteiger partial charge in [0.15, 0.2) is 11.7 Å². The average Bonchev–Trinajstić information content (AvgIpc) is 2.60. The molecule has 6 nitrogen and oxygen atoms in total. The van der Waals surface area contributed by atoms with Crippen LogP contribution >= 0.6 is 12.2 Å². The zero-order chi connectivity index (χ0) is 17.4. The van der Waals surface area contributed by atoms with Crippen LogP contribution < -0.4 is 20.9 Å². The van der Waals surface area contributed by atoms with Gasteiger partial charge in [0.1, 0.15) is 11.8 Å². The molecule has 1 aliphatic rings. The number of nitrogens with zero attached hydrogens (tertiary/aromatic N) is 1. The van der Waals surface area contributed by atoms with Crippen molar-refractivity contribution >= 4 is 23.2 Å². The molecule has 0 saturated heterocycles. The van der Waals surface area contributed by atoms with Crippen molar-refractivity contribution in [3.8, 4) is 11.8 Å². The lowest BCUT2D eigenvalue weighted by atomic mass is 9.86. The molecule has 3 N–H and O–H groups in total. The van der Waals surface area contributed by atoms with Crippen molar-refractivity contribution in [1.29, 1.82) is 5.26 Å². The van der Waals surface area contributed by atoms with Crippen LogP contribution in [0.3, 0.4) is 0 Å². The molecule has 0 aliphatic heterocycles. The molecular weight excluding hydrogens is 324 g/mol. The number of rotatable bonds is 4. The van der Waals surface area contributed by atoms with Crippen molar-refractivity contribution < 1.29 is 9.53 Å². The van der Waals surface area contributed by atoms with Crippen LogP contribution in [0.1, 0.15) is 38.2 Å². The van der Waals surface area contributed by atoms with E-state index in [0.29, 0.717) is 28.4 Å². The van der Waals surface area contributed by atoms with Crippen LogP contribution in [-0.2, 0) is 4.79 Å². The summed E-state index contributed by atoms with van der Waals surface area (Å²) in [5.74, 6) is 0.579. The number of amides is 1. The van der Waals surface area contributed by atoms with E-state index in [2.05, 4.69) is 23.1 Å². The maximum absolute atomic E-state index is 11.8. The second-order valence-corrected chi connectivity index (χ2v) is 6.32. The average molecular weight is 346 g/mol. The molecule has 128 valence electrons. The van der Waals surface area contributed by atoms with E-state index in [1.54, 1.807) is 24.3 Å². The Morgan fingerprint density at radius 3 is 2.83 bits per heavy atom. The first-order valence-electron chi connectivity index (χ1n) is 8.07. The highest BCUT2D eigenvalue weighted by atomic mass is 32.1. The van der Waals surface area contributed by atoms with E-state index in [9.17, 15) is 4.79 Å². The van der Waals surface area contributed by atoms with E-state index < -0.39 is 0 Å². The fourth-order valence-corrected chi connectivity index (χ4v) is 2.93. The third-order valence-electron chi connectivity index (χ3n) is 4.11. The molecule has 1 amide bonds. The summed E-state index contributed by atoms with van der Waals surface area (Å²) in [4.78, 5) is 11.8. The summed E-state index contributed by atoms with van der Waals surface area (Å²) in [6, 6.07) is 9.13. The molecule has 24 heavy (non-hydrogen) atoms. The molecule has 2 atom stereocenters. The fourth-order valence-electron chi connectivity index (χ4n) is 2.73. The first-order chi connectivity index (χ1) is 11.6. The number of para-hydroxylation sites is 1. The third-order valence-corrected chi connectivity index (χ3v) is 4.33. The normalized spacial score (nSPS) is 19.7. The van der Waals surface area contributed by atoms with Gasteiger partial charge in [-0.25, -0.2) is 0 Å². The predicted octanol–water partition coefficient (Wildman–Crippen LogP) is 2.01. The van der Waals surface area contributed by atoms with Crippen molar-refractivity contribution in [2.45, 2.75) is 38.6 Å². The highest BCUT2D eigenvalue weighted by molar-refractivity contribution is 7.80. The summed E-state index contributed by atoms with van der Waals surface area (Å²) in [7, 11) is 0. The third kappa shape index (κ3) is 5.39. The zero-order valence-electron chi connectivity index (χ0n) is 13.7. The smallest absolute Gasteiger partial charge is 0.276 e. The van der Waals surface area contributed by atoms with Gasteiger partial charge >= 0.3 is 0 Å². The molecule has 0 radical (unpaired) electrons. The van der Waals surface area contributed by atoms with Crippen LogP contribution in [0, 0.1) is 17.2 Å². The van der Waals surface area contributed by atoms with Crippen LogP contribution in [0.2, 0.25) is 0 Å². The molecule has 1 fully saturated rings. The van der Waals surface area contributed by atoms with E-state index in [1.165, 1.54) is 19.3 Å². The Kier molecular flexibility index (Phi) is 6.82. The second-order valence-electron chi connectivity index (χ2n) is 5.91. The van der Waals surface area contributed by atoms with E-state index >= 15 is 0 Å². The minimum absolute atomic E-state index is 0.200. The van der Waals surface area contributed by atoms with Gasteiger partial charge in [0.2, 0.25) is 0 Å². The molecule has 7 heteroatoms. The number of nitrogens with one attached hydrogen (secondary N) is 3. The minimum Gasteiger partial charge on any atom is -0.482 e. The van der Waals surface area contributed by atoms with Gasteiger partial charge in [-0.15, -0.1) is 0 Å². The lowest BCUT2D eigenvalue weighted by molar-refractivity contribution is -0.123. The monoisotopic (exact) mass is 346 g/mol. The first kappa shape index (κ1) is 18.0. The van der Waals surface area contributed by atoms with Crippen LogP contribution in [-0.4, -0.2) is 23.7 Å². The van der Waals surface area contributed by atoms with Gasteiger partial charge in [-0.2, -0.15) is 5.26 Å². The number of hydrogen-bond acceptors (Lipinski definition) is 4. The summed E-state index contributed by atoms with van der Waals surface area (Å²) < 4.78 is 5.35. The second kappa shape index (κ2) is 9.08. The van der Waals surface area contributed by atoms with Gasteiger partial charge in [0.05, 0.1) is 5.56 Å². The molecule has 1 saturated carbocycles. The Balaban J connectivity index is 1.71. The number of thiocarbonyl (C=S) groups is 1. The molecule has 0 aromatic heterocycles. The summed E-state index contributed by atoms with van der Waals surface area (Å²) >= 11 is 5.20. The van der Waals surface area contributed by atoms with Gasteiger partial charge in [-0.3, -0.25) is 15.6 Å². The Labute approximate surface area is 147 Å². The SMILES string of the molecule is C[C@H]1CCCC[C@@H]1NC(=S)NNC(=O)COc1ccccc1C#N. The van der Waals surface area contributed by atoms with Gasteiger partial charge in [0, 0.05) is 6.04 Å². The Bertz CT molecular complexity index is 629. The van der Waals surface area contributed by atoms with Gasteiger partial charge in [0.25, 0.3) is 5.91 Å². The maximum Gasteiger partial charge on any atom is 0.276 e. The lowest BCUT2D eigenvalue weighted by Gasteiger charge is -2.30. The van der Waals surface area contributed by atoms with Gasteiger partial charge < -0.3 is 10.1 Å². The van der Waals surface area contributed by atoms with Crippen LogP contribution in [0.5, 0.6) is 5.75 Å². The van der Waals surface area contributed by atoms with Crippen LogP contribution in [0.4, 0.5) is 0 Å². The molecule has 1 aliphatic carbocycles. The zero-order valence-corrected chi connectivity index (χ0v) is 14.5. The number of nitriles is 1. The Morgan fingerprint density at radius 1 is 1.33 bits per heavy atom. The molecular formula is C17H22N4O2S. The maximum atomic E-state index is 11.8. The Morgan fingerprint density at radius 2 is 2.08 bits per heavy atom. The highest BCUT2D eigenvalue weighted by Gasteiger charge is 2.21. The Hall–Kier alpha value is -2.33. The van der Waals surface area contributed by atoms with E-state index in [0.717, 1.165) is 6.42 Å². The quantitative estimate of drug-likeness (QED) is 0.571. The predicted molar refractivity (Wildman–Crippen MR) is 95.1 cm³/mol. The number of carbonyl (C=O) groups is 1. The summed E-state index contributed by atoms with van der Waals surface area (Å²) in [6.07, 6.45) is 4.74. The van der Waals surface area contributed by atoms with Crippen molar-refractivity contribution in [1.82, 2.24) is 16.2 Å². The molecule has 0 heterocycles. The highest BCUT2D eigenvalue weighted by Crippen LogP contribution is 2.23. The fraction of sp³-hybridized carbons (Fsp3) is 0.471. The van der Waals surface area contributed by atoms with E-state index in [-0.39, 0.29) is 12.5 Å². The van der Waals surface area contributed by atoms with Gasteiger partial charge in [-0.05, 0) is 43.1 Å². The molecule has 0 unspecified atom stereocenters. The van der Waals surface area contributed by atoms with Crippen molar-refractivity contribution in [2.75, 3.05) is 6.61 Å². The van der Waals surface area contributed by atoms with Crippen molar-refractivity contribution in [2.24, 2.45) is 5.92 Å². The number of ether oxygens (including phenoxy) is 1. The summed E-state index contributed by atoms with van der Waals surface area (Å²) in [5.41, 5.74) is 5.58. The lowest BCUT2D eigenvalue weighted by Crippen LogP contribution is -2.52. The standard InChI is InChI=1S/C17H22N4O2S/c1-12-6-2-4-8-14(12)19-17(24)21-20-16(22)11-23-15-9-5-3-7-13(15)10-18/h3,5,7,9,12,14H,2,4,6,8,11H2,1H3,(H,20,22)(H2,19,21,24)/t12-,14-/m0/s1. The first-order valence-corrected chi connectivity index (χ1v) is 8.48. The largest absolute Gasteiger partial charge is 0.482 e. The number of hydrazine groups is 1. The molecule has 1 aromatic rings. The van der Waals surface area contributed by atoms with E-state index in [1.807, 2.05) is 6.07 Å². The van der Waals surface area contributed by atoms with Crippen molar-refractivity contribution in [3.63, 3.8) is 0 Å². The number of benzene rings is 1. The van der Waals surface area contributed by atoms with Crippen LogP contribution in [0.25, 0.3) is 0 Å². The van der Waals surface area contributed by atoms with E-state index in [4.69, 9.17) is 22.2 Å². The molecule has 2 rings (SSSR count). The van der Waals surface area contributed by atoms with Crippen LogP contribution in [0.15, 0.2) is 24.3 Å².